The van der Waals surface area contributed by atoms with Crippen LogP contribution in [0.4, 0.5) is 5.69 Å². The van der Waals surface area contributed by atoms with Crippen LogP contribution in [-0.2, 0) is 6.42 Å². The SMILES string of the molecule is CCSNc1ccc(CC2=NCCN2)cc1Cl. The number of hydrogen-bond acceptors (Lipinski definition) is 4. The Morgan fingerprint density at radius 1 is 1.53 bits per heavy atom. The average molecular weight is 270 g/mol. The smallest absolute Gasteiger partial charge is 0.101 e. The van der Waals surface area contributed by atoms with Crippen LogP contribution in [0.2, 0.25) is 5.02 Å². The first-order chi connectivity index (χ1) is 8.29. The molecule has 3 nitrogen and oxygen atoms in total. The number of nitrogens with zero attached hydrogens (tertiary/aromatic N) is 1. The van der Waals surface area contributed by atoms with Crippen molar-refractivity contribution in [1.82, 2.24) is 5.32 Å². The van der Waals surface area contributed by atoms with Gasteiger partial charge in [-0.1, -0.05) is 36.5 Å². The van der Waals surface area contributed by atoms with Gasteiger partial charge in [0.25, 0.3) is 0 Å². The minimum absolute atomic E-state index is 0.766. The van der Waals surface area contributed by atoms with Gasteiger partial charge in [-0.25, -0.2) is 0 Å². The molecule has 0 atom stereocenters. The highest BCUT2D eigenvalue weighted by atomic mass is 35.5. The first kappa shape index (κ1) is 12.6. The molecule has 0 fully saturated rings. The van der Waals surface area contributed by atoms with E-state index in [0.29, 0.717) is 0 Å². The molecular weight excluding hydrogens is 254 g/mol. The summed E-state index contributed by atoms with van der Waals surface area (Å²) in [4.78, 5) is 4.38. The fraction of sp³-hybridized carbons (Fsp3) is 0.417. The number of rotatable bonds is 5. The first-order valence-electron chi connectivity index (χ1n) is 5.73. The van der Waals surface area contributed by atoms with Crippen LogP contribution in [0.5, 0.6) is 0 Å². The molecule has 0 spiro atoms. The van der Waals surface area contributed by atoms with Crippen molar-refractivity contribution >= 4 is 35.1 Å². The van der Waals surface area contributed by atoms with E-state index in [0.717, 1.165) is 41.8 Å². The van der Waals surface area contributed by atoms with Crippen LogP contribution in [-0.4, -0.2) is 24.7 Å². The summed E-state index contributed by atoms with van der Waals surface area (Å²) in [5.74, 6) is 2.07. The van der Waals surface area contributed by atoms with Crippen molar-refractivity contribution in [2.24, 2.45) is 4.99 Å². The number of nitrogens with one attached hydrogen (secondary N) is 2. The maximum absolute atomic E-state index is 6.21. The highest BCUT2D eigenvalue weighted by Crippen LogP contribution is 2.25. The lowest BCUT2D eigenvalue weighted by Gasteiger charge is -2.08. The Bertz CT molecular complexity index is 420. The summed E-state index contributed by atoms with van der Waals surface area (Å²) in [6.07, 6.45) is 0.834. The van der Waals surface area contributed by atoms with Gasteiger partial charge in [-0.05, 0) is 17.7 Å². The van der Waals surface area contributed by atoms with Gasteiger partial charge in [0.05, 0.1) is 17.3 Å². The third kappa shape index (κ3) is 3.54. The fourth-order valence-electron chi connectivity index (χ4n) is 1.66. The largest absolute Gasteiger partial charge is 0.372 e. The van der Waals surface area contributed by atoms with E-state index in [1.807, 2.05) is 12.1 Å². The summed E-state index contributed by atoms with van der Waals surface area (Å²) in [5, 5.41) is 4.03. The van der Waals surface area contributed by atoms with E-state index >= 15 is 0 Å². The van der Waals surface area contributed by atoms with Gasteiger partial charge in [0, 0.05) is 18.7 Å². The maximum Gasteiger partial charge on any atom is 0.101 e. The molecule has 0 unspecified atom stereocenters. The number of benzene rings is 1. The van der Waals surface area contributed by atoms with Crippen molar-refractivity contribution in [3.63, 3.8) is 0 Å². The number of amidine groups is 1. The summed E-state index contributed by atoms with van der Waals surface area (Å²) in [6, 6.07) is 6.12. The lowest BCUT2D eigenvalue weighted by atomic mass is 10.1. The molecule has 1 heterocycles. The molecule has 17 heavy (non-hydrogen) atoms. The Hall–Kier alpha value is -0.870. The van der Waals surface area contributed by atoms with E-state index in [9.17, 15) is 0 Å². The van der Waals surface area contributed by atoms with Gasteiger partial charge in [-0.15, -0.1) is 0 Å². The van der Waals surface area contributed by atoms with Gasteiger partial charge < -0.3 is 10.0 Å². The predicted octanol–water partition coefficient (Wildman–Crippen LogP) is 2.96. The van der Waals surface area contributed by atoms with Crippen LogP contribution in [0.1, 0.15) is 12.5 Å². The summed E-state index contributed by atoms with van der Waals surface area (Å²) < 4.78 is 3.22. The maximum atomic E-state index is 6.21. The van der Waals surface area contributed by atoms with Crippen LogP contribution in [0.25, 0.3) is 0 Å². The van der Waals surface area contributed by atoms with Gasteiger partial charge in [0.2, 0.25) is 0 Å². The number of aliphatic imine (C=N–C) groups is 1. The Kier molecular flexibility index (Phi) is 4.57. The number of halogens is 1. The molecule has 0 amide bonds. The zero-order chi connectivity index (χ0) is 12.1. The summed E-state index contributed by atoms with van der Waals surface area (Å²) in [7, 11) is 0. The molecule has 0 aliphatic carbocycles. The molecule has 0 saturated heterocycles. The van der Waals surface area contributed by atoms with Crippen molar-refractivity contribution in [3.8, 4) is 0 Å². The molecule has 1 aliphatic heterocycles. The third-order valence-electron chi connectivity index (χ3n) is 2.48. The van der Waals surface area contributed by atoms with Gasteiger partial charge in [0.1, 0.15) is 5.84 Å². The molecule has 0 radical (unpaired) electrons. The van der Waals surface area contributed by atoms with E-state index < -0.39 is 0 Å². The molecule has 0 bridgehead atoms. The molecule has 1 aliphatic rings. The molecule has 2 N–H and O–H groups in total. The van der Waals surface area contributed by atoms with E-state index in [4.69, 9.17) is 11.6 Å². The van der Waals surface area contributed by atoms with Crippen LogP contribution in [0, 0.1) is 0 Å². The Balaban J connectivity index is 2.02. The van der Waals surface area contributed by atoms with Gasteiger partial charge in [0.15, 0.2) is 0 Å². The number of hydrogen-bond donors (Lipinski definition) is 2. The topological polar surface area (TPSA) is 36.4 Å². The van der Waals surface area contributed by atoms with Crippen molar-refractivity contribution < 1.29 is 0 Å². The van der Waals surface area contributed by atoms with Crippen LogP contribution in [0.15, 0.2) is 23.2 Å². The van der Waals surface area contributed by atoms with E-state index in [1.165, 1.54) is 5.56 Å². The summed E-state index contributed by atoms with van der Waals surface area (Å²) in [6.45, 7) is 3.94. The zero-order valence-electron chi connectivity index (χ0n) is 9.79. The van der Waals surface area contributed by atoms with Crippen molar-refractivity contribution in [3.05, 3.63) is 28.8 Å². The lowest BCUT2D eigenvalue weighted by Crippen LogP contribution is -2.20. The monoisotopic (exact) mass is 269 g/mol. The third-order valence-corrected chi connectivity index (χ3v) is 3.44. The molecule has 1 aromatic carbocycles. The zero-order valence-corrected chi connectivity index (χ0v) is 11.4. The Morgan fingerprint density at radius 3 is 3.06 bits per heavy atom. The fourth-order valence-corrected chi connectivity index (χ4v) is 2.44. The normalized spacial score (nSPS) is 14.4. The van der Waals surface area contributed by atoms with E-state index in [1.54, 1.807) is 11.9 Å². The molecular formula is C12H16ClN3S. The Morgan fingerprint density at radius 2 is 2.41 bits per heavy atom. The minimum atomic E-state index is 0.766. The first-order valence-corrected chi connectivity index (χ1v) is 7.09. The summed E-state index contributed by atoms with van der Waals surface area (Å²) >= 11 is 7.86. The predicted molar refractivity (Wildman–Crippen MR) is 77.2 cm³/mol. The van der Waals surface area contributed by atoms with Crippen LogP contribution >= 0.6 is 23.5 Å². The van der Waals surface area contributed by atoms with Crippen molar-refractivity contribution in [1.29, 1.82) is 0 Å². The second-order valence-corrected chi connectivity index (χ2v) is 5.26. The van der Waals surface area contributed by atoms with Gasteiger partial charge in [-0.2, -0.15) is 0 Å². The Labute approximate surface area is 111 Å². The highest BCUT2D eigenvalue weighted by molar-refractivity contribution is 8.00. The van der Waals surface area contributed by atoms with Crippen LogP contribution < -0.4 is 10.0 Å². The van der Waals surface area contributed by atoms with E-state index in [-0.39, 0.29) is 0 Å². The van der Waals surface area contributed by atoms with Crippen molar-refractivity contribution in [2.75, 3.05) is 23.6 Å². The standard InChI is InChI=1S/C12H16ClN3S/c1-2-17-16-11-4-3-9(7-10(11)13)8-12-14-5-6-15-12/h3-4,7,16H,2,5-6,8H2,1H3,(H,14,15). The second-order valence-electron chi connectivity index (χ2n) is 3.78. The minimum Gasteiger partial charge on any atom is -0.372 e. The molecule has 2 rings (SSSR count). The van der Waals surface area contributed by atoms with Crippen LogP contribution in [0.3, 0.4) is 0 Å². The van der Waals surface area contributed by atoms with Gasteiger partial charge in [-0.3, -0.25) is 4.99 Å². The second kappa shape index (κ2) is 6.17. The molecule has 0 saturated carbocycles. The molecule has 1 aromatic rings. The van der Waals surface area contributed by atoms with Crippen molar-refractivity contribution in [2.45, 2.75) is 13.3 Å². The number of anilines is 1. The molecule has 5 heteroatoms. The lowest BCUT2D eigenvalue weighted by molar-refractivity contribution is 0.953. The molecule has 0 aromatic heterocycles. The van der Waals surface area contributed by atoms with Gasteiger partial charge >= 0.3 is 0 Å². The average Bonchev–Trinajstić information content (AvgIpc) is 2.81. The highest BCUT2D eigenvalue weighted by Gasteiger charge is 2.07. The quantitative estimate of drug-likeness (QED) is 0.807. The van der Waals surface area contributed by atoms with E-state index in [2.05, 4.69) is 28.0 Å². The summed E-state index contributed by atoms with van der Waals surface area (Å²) in [5.41, 5.74) is 2.17. The molecule has 92 valence electrons.